The number of alkyl halides is 3. The van der Waals surface area contributed by atoms with Crippen LogP contribution in [0.2, 0.25) is 0 Å². The summed E-state index contributed by atoms with van der Waals surface area (Å²) in [5.41, 5.74) is 2.96. The van der Waals surface area contributed by atoms with Crippen LogP contribution in [0.5, 0.6) is 0 Å². The van der Waals surface area contributed by atoms with Crippen molar-refractivity contribution < 1.29 is 31.5 Å². The third-order valence-corrected chi connectivity index (χ3v) is 6.66. The van der Waals surface area contributed by atoms with Crippen molar-refractivity contribution in [3.63, 3.8) is 0 Å². The van der Waals surface area contributed by atoms with Gasteiger partial charge in [0.25, 0.3) is 0 Å². The first kappa shape index (κ1) is 27.9. The minimum absolute atomic E-state index is 0.251. The Kier molecular flexibility index (Phi) is 10.6. The lowest BCUT2D eigenvalue weighted by molar-refractivity contribution is -0.303. The van der Waals surface area contributed by atoms with Crippen molar-refractivity contribution in [3.8, 4) is 0 Å². The molecule has 184 valence electrons. The predicted molar refractivity (Wildman–Crippen MR) is 117 cm³/mol. The molecule has 0 saturated carbocycles. The summed E-state index contributed by atoms with van der Waals surface area (Å²) in [7, 11) is -1.45. The van der Waals surface area contributed by atoms with Gasteiger partial charge in [-0.15, -0.1) is 13.2 Å². The minimum atomic E-state index is -4.91. The Morgan fingerprint density at radius 3 is 2.41 bits per heavy atom. The van der Waals surface area contributed by atoms with Gasteiger partial charge < -0.3 is 9.94 Å². The smallest absolute Gasteiger partial charge is 0.409 e. The maximum atomic E-state index is 12.6. The van der Waals surface area contributed by atoms with Gasteiger partial charge in [0.2, 0.25) is 0 Å². The molecule has 0 aromatic carbocycles. The number of ether oxygens (including phenoxy) is 1. The van der Waals surface area contributed by atoms with E-state index in [1.54, 1.807) is 25.9 Å². The summed E-state index contributed by atoms with van der Waals surface area (Å²) in [5, 5.41) is 13.5. The maximum absolute atomic E-state index is 12.6. The van der Waals surface area contributed by atoms with Crippen molar-refractivity contribution in [3.05, 3.63) is 24.0 Å². The van der Waals surface area contributed by atoms with E-state index in [1.165, 1.54) is 12.3 Å². The van der Waals surface area contributed by atoms with Crippen LogP contribution in [0.1, 0.15) is 40.0 Å². The fourth-order valence-corrected chi connectivity index (χ4v) is 4.44. The summed E-state index contributed by atoms with van der Waals surface area (Å²) in [6, 6.07) is 0. The van der Waals surface area contributed by atoms with Crippen LogP contribution in [0.3, 0.4) is 0 Å². The lowest BCUT2D eigenvalue weighted by Gasteiger charge is -2.41. The van der Waals surface area contributed by atoms with Crippen LogP contribution >= 0.6 is 0 Å². The van der Waals surface area contributed by atoms with Crippen LogP contribution in [0, 0.1) is 0 Å². The molecule has 1 aliphatic rings. The van der Waals surface area contributed by atoms with Crippen LogP contribution in [0.4, 0.5) is 13.2 Å². The number of halogens is 3. The molecule has 1 aliphatic heterocycles. The van der Waals surface area contributed by atoms with Crippen molar-refractivity contribution in [2.45, 2.75) is 57.8 Å². The first-order valence-electron chi connectivity index (χ1n) is 10.1. The summed E-state index contributed by atoms with van der Waals surface area (Å²) in [6.45, 7) is 6.33. The highest BCUT2D eigenvalue weighted by atomic mass is 32.2. The third kappa shape index (κ3) is 9.17. The van der Waals surface area contributed by atoms with Gasteiger partial charge in [0, 0.05) is 32.5 Å². The summed E-state index contributed by atoms with van der Waals surface area (Å²) < 4.78 is 65.4. The second-order valence-corrected chi connectivity index (χ2v) is 9.64. The molecule has 0 aromatic rings. The average molecular weight is 484 g/mol. The molecule has 0 aromatic heterocycles. The second kappa shape index (κ2) is 12.2. The number of likely N-dealkylation sites (tertiary alicyclic amines) is 1. The number of hydrazine groups is 1. The largest absolute Gasteiger partial charge is 0.573 e. The van der Waals surface area contributed by atoms with Gasteiger partial charge in [-0.25, -0.2) is 18.8 Å². The Hall–Kier alpha value is -2.12. The molecule has 0 aliphatic carbocycles. The zero-order valence-electron chi connectivity index (χ0n) is 18.9. The maximum Gasteiger partial charge on any atom is 0.573 e. The SMILES string of the molecule is CC\C=C/C(=C\C(N=C(C)N(NC)C(C)N1CCC(S(C)(=O)=O)CC1)=N/O)OC(F)(F)F. The summed E-state index contributed by atoms with van der Waals surface area (Å²) in [5.74, 6) is -0.638. The fraction of sp³-hybridized carbons (Fsp3) is 0.684. The Labute approximate surface area is 187 Å². The van der Waals surface area contributed by atoms with E-state index in [2.05, 4.69) is 25.2 Å². The van der Waals surface area contributed by atoms with Gasteiger partial charge in [0.15, 0.2) is 5.84 Å². The topological polar surface area (TPSA) is 107 Å². The molecule has 1 unspecified atom stereocenters. The van der Waals surface area contributed by atoms with Crippen molar-refractivity contribution in [1.82, 2.24) is 15.3 Å². The highest BCUT2D eigenvalue weighted by Gasteiger charge is 2.32. The van der Waals surface area contributed by atoms with Gasteiger partial charge in [0.05, 0.1) is 11.4 Å². The monoisotopic (exact) mass is 483 g/mol. The van der Waals surface area contributed by atoms with Crippen LogP contribution in [-0.4, -0.2) is 79.4 Å². The van der Waals surface area contributed by atoms with Crippen LogP contribution in [-0.2, 0) is 14.6 Å². The van der Waals surface area contributed by atoms with E-state index in [4.69, 9.17) is 0 Å². The number of sulfone groups is 1. The number of amidine groups is 2. The number of hydrogen-bond donors (Lipinski definition) is 2. The molecule has 1 fully saturated rings. The van der Waals surface area contributed by atoms with Crippen molar-refractivity contribution in [2.24, 2.45) is 10.1 Å². The number of oxime groups is 1. The molecule has 32 heavy (non-hydrogen) atoms. The molecule has 1 heterocycles. The summed E-state index contributed by atoms with van der Waals surface area (Å²) in [4.78, 5) is 6.17. The first-order chi connectivity index (χ1) is 14.8. The molecule has 1 rings (SSSR count). The number of piperidine rings is 1. The number of allylic oxidation sites excluding steroid dienone is 2. The molecule has 0 spiro atoms. The minimum Gasteiger partial charge on any atom is -0.409 e. The van der Waals surface area contributed by atoms with Gasteiger partial charge in [-0.05, 0) is 39.2 Å². The van der Waals surface area contributed by atoms with Gasteiger partial charge in [-0.1, -0.05) is 18.2 Å². The van der Waals surface area contributed by atoms with Crippen molar-refractivity contribution in [1.29, 1.82) is 0 Å². The molecular formula is C19H32F3N5O4S. The number of aliphatic imine (C=N–C) groups is 1. The zero-order valence-corrected chi connectivity index (χ0v) is 19.7. The number of nitrogens with one attached hydrogen (secondary N) is 1. The highest BCUT2D eigenvalue weighted by Crippen LogP contribution is 2.22. The highest BCUT2D eigenvalue weighted by molar-refractivity contribution is 7.91. The summed E-state index contributed by atoms with van der Waals surface area (Å²) in [6.07, 6.45) is 1.02. The number of rotatable bonds is 8. The van der Waals surface area contributed by atoms with Crippen LogP contribution < -0.4 is 5.43 Å². The van der Waals surface area contributed by atoms with Gasteiger partial charge in [-0.3, -0.25) is 9.91 Å². The van der Waals surface area contributed by atoms with E-state index in [9.17, 15) is 26.8 Å². The average Bonchev–Trinajstić information content (AvgIpc) is 2.70. The molecule has 0 bridgehead atoms. The van der Waals surface area contributed by atoms with Gasteiger partial charge in [0.1, 0.15) is 21.4 Å². The van der Waals surface area contributed by atoms with E-state index < -0.39 is 22.0 Å². The molecule has 1 atom stereocenters. The lowest BCUT2D eigenvalue weighted by atomic mass is 10.1. The van der Waals surface area contributed by atoms with Crippen molar-refractivity contribution >= 4 is 21.5 Å². The van der Waals surface area contributed by atoms with Crippen LogP contribution in [0.15, 0.2) is 34.1 Å². The fourth-order valence-electron chi connectivity index (χ4n) is 3.37. The Morgan fingerprint density at radius 1 is 1.38 bits per heavy atom. The van der Waals surface area contributed by atoms with E-state index in [0.29, 0.717) is 38.2 Å². The first-order valence-corrected chi connectivity index (χ1v) is 12.1. The van der Waals surface area contributed by atoms with Gasteiger partial charge >= 0.3 is 6.36 Å². The van der Waals surface area contributed by atoms with E-state index in [-0.39, 0.29) is 17.3 Å². The molecule has 13 heteroatoms. The number of nitrogens with zero attached hydrogens (tertiary/aromatic N) is 4. The molecule has 1 saturated heterocycles. The van der Waals surface area contributed by atoms with E-state index in [0.717, 1.165) is 12.2 Å². The van der Waals surface area contributed by atoms with Gasteiger partial charge in [-0.2, -0.15) is 0 Å². The van der Waals surface area contributed by atoms with E-state index >= 15 is 0 Å². The Morgan fingerprint density at radius 2 is 1.97 bits per heavy atom. The quantitative estimate of drug-likeness (QED) is 0.137. The predicted octanol–water partition coefficient (Wildman–Crippen LogP) is 2.87. The zero-order chi connectivity index (χ0) is 24.5. The van der Waals surface area contributed by atoms with E-state index in [1.807, 2.05) is 6.92 Å². The van der Waals surface area contributed by atoms with Crippen LogP contribution in [0.25, 0.3) is 0 Å². The normalized spacial score (nSPS) is 19.4. The molecular weight excluding hydrogens is 451 g/mol. The molecule has 9 nitrogen and oxygen atoms in total. The lowest BCUT2D eigenvalue weighted by Crippen LogP contribution is -2.56. The third-order valence-electron chi connectivity index (χ3n) is 4.98. The Bertz CT molecular complexity index is 832. The van der Waals surface area contributed by atoms with Crippen molar-refractivity contribution in [2.75, 3.05) is 26.4 Å². The summed E-state index contributed by atoms with van der Waals surface area (Å²) >= 11 is 0. The Balaban J connectivity index is 3.02. The standard InChI is InChI=1S/C19H32F3N5O4S/c1-6-7-8-16(31-19(20,21)22)13-18(25-28)24-14(2)27(23-4)15(3)26-11-9-17(10-12-26)32(5,29)30/h7-8,13,15,17,23,28H,6,9-12H2,1-5H3/b8-7-,16-13+,24-14?,25-18+. The molecule has 2 N–H and O–H groups in total. The second-order valence-electron chi connectivity index (χ2n) is 7.31. The number of hydrogen-bond acceptors (Lipinski definition) is 7. The molecule has 0 radical (unpaired) electrons. The molecule has 0 amide bonds.